The number of furan rings is 1. The lowest BCUT2D eigenvalue weighted by Gasteiger charge is -2.12. The molecule has 1 aromatic carbocycles. The van der Waals surface area contributed by atoms with Crippen LogP contribution >= 0.6 is 11.6 Å². The van der Waals surface area contributed by atoms with Gasteiger partial charge in [0.25, 0.3) is 5.91 Å². The van der Waals surface area contributed by atoms with Crippen molar-refractivity contribution in [2.45, 2.75) is 31.3 Å². The Morgan fingerprint density at radius 2 is 2.08 bits per heavy atom. The first-order valence-corrected chi connectivity index (χ1v) is 9.38. The molecule has 0 bridgehead atoms. The SMILES string of the molecule is CC(C)NS(=O)(=O)c1ccc(OCC(=O)NCc2ccco2)c(Cl)c1. The van der Waals surface area contributed by atoms with Gasteiger partial charge in [-0.1, -0.05) is 11.6 Å². The molecule has 2 rings (SSSR count). The molecule has 0 unspecified atom stereocenters. The number of ether oxygens (including phenoxy) is 1. The normalized spacial score (nSPS) is 11.5. The van der Waals surface area contributed by atoms with Crippen LogP contribution in [0.3, 0.4) is 0 Å². The monoisotopic (exact) mass is 386 g/mol. The maximum Gasteiger partial charge on any atom is 0.258 e. The molecule has 0 saturated heterocycles. The third-order valence-electron chi connectivity index (χ3n) is 3.00. The predicted octanol–water partition coefficient (Wildman–Crippen LogP) is 2.31. The van der Waals surface area contributed by atoms with Crippen molar-refractivity contribution in [3.05, 3.63) is 47.4 Å². The number of carbonyl (C=O) groups excluding carboxylic acids is 1. The van der Waals surface area contributed by atoms with Crippen LogP contribution in [0.4, 0.5) is 0 Å². The summed E-state index contributed by atoms with van der Waals surface area (Å²) in [4.78, 5) is 11.8. The average molecular weight is 387 g/mol. The summed E-state index contributed by atoms with van der Waals surface area (Å²) in [7, 11) is -3.64. The lowest BCUT2D eigenvalue weighted by atomic mass is 10.3. The molecule has 0 aliphatic heterocycles. The number of carbonyl (C=O) groups is 1. The molecular formula is C16H19ClN2O5S. The maximum atomic E-state index is 12.1. The van der Waals surface area contributed by atoms with Gasteiger partial charge in [0.2, 0.25) is 10.0 Å². The van der Waals surface area contributed by atoms with Crippen LogP contribution in [-0.4, -0.2) is 27.0 Å². The summed E-state index contributed by atoms with van der Waals surface area (Å²) in [5.41, 5.74) is 0. The number of benzene rings is 1. The minimum absolute atomic E-state index is 0.0285. The molecule has 7 nitrogen and oxygen atoms in total. The standard InChI is InChI=1S/C16H19ClN2O5S/c1-11(2)19-25(21,22)13-5-6-15(14(17)8-13)24-10-16(20)18-9-12-4-3-7-23-12/h3-8,11,19H,9-10H2,1-2H3,(H,18,20). The first-order valence-electron chi connectivity index (χ1n) is 7.51. The molecule has 2 N–H and O–H groups in total. The fourth-order valence-corrected chi connectivity index (χ4v) is 3.51. The van der Waals surface area contributed by atoms with Crippen molar-refractivity contribution >= 4 is 27.5 Å². The van der Waals surface area contributed by atoms with E-state index in [1.54, 1.807) is 26.0 Å². The van der Waals surface area contributed by atoms with Crippen LogP contribution in [0.15, 0.2) is 45.9 Å². The van der Waals surface area contributed by atoms with Gasteiger partial charge in [-0.15, -0.1) is 0 Å². The molecule has 2 aromatic rings. The van der Waals surface area contributed by atoms with Crippen LogP contribution < -0.4 is 14.8 Å². The molecule has 1 heterocycles. The molecule has 0 atom stereocenters. The number of hydrogen-bond donors (Lipinski definition) is 2. The minimum atomic E-state index is -3.64. The summed E-state index contributed by atoms with van der Waals surface area (Å²) >= 11 is 6.05. The van der Waals surface area contributed by atoms with Gasteiger partial charge in [-0.3, -0.25) is 4.79 Å². The zero-order chi connectivity index (χ0) is 18.4. The molecule has 1 amide bonds. The van der Waals surface area contributed by atoms with E-state index in [4.69, 9.17) is 20.8 Å². The van der Waals surface area contributed by atoms with E-state index in [-0.39, 0.29) is 40.8 Å². The van der Waals surface area contributed by atoms with Gasteiger partial charge in [-0.05, 0) is 44.2 Å². The molecule has 136 valence electrons. The van der Waals surface area contributed by atoms with E-state index in [1.807, 2.05) is 0 Å². The molecule has 0 spiro atoms. The Kier molecular flexibility index (Phi) is 6.46. The predicted molar refractivity (Wildman–Crippen MR) is 93.0 cm³/mol. The van der Waals surface area contributed by atoms with Gasteiger partial charge in [-0.25, -0.2) is 13.1 Å². The molecule has 0 saturated carbocycles. The first-order chi connectivity index (χ1) is 11.8. The number of hydrogen-bond acceptors (Lipinski definition) is 5. The number of halogens is 1. The van der Waals surface area contributed by atoms with Crippen molar-refractivity contribution in [1.29, 1.82) is 0 Å². The van der Waals surface area contributed by atoms with Crippen LogP contribution in [0, 0.1) is 0 Å². The number of amides is 1. The summed E-state index contributed by atoms with van der Waals surface area (Å²) < 4.78 is 37.1. The number of nitrogens with one attached hydrogen (secondary N) is 2. The van der Waals surface area contributed by atoms with Gasteiger partial charge in [0, 0.05) is 6.04 Å². The third kappa shape index (κ3) is 5.77. The van der Waals surface area contributed by atoms with Crippen molar-refractivity contribution in [2.75, 3.05) is 6.61 Å². The summed E-state index contributed by atoms with van der Waals surface area (Å²) in [5, 5.41) is 2.73. The van der Waals surface area contributed by atoms with Gasteiger partial charge in [0.1, 0.15) is 11.5 Å². The molecule has 25 heavy (non-hydrogen) atoms. The van der Waals surface area contributed by atoms with Crippen LogP contribution in [0.25, 0.3) is 0 Å². The van der Waals surface area contributed by atoms with Crippen molar-refractivity contribution in [1.82, 2.24) is 10.0 Å². The summed E-state index contributed by atoms with van der Waals surface area (Å²) in [6, 6.07) is 7.29. The lowest BCUT2D eigenvalue weighted by Crippen LogP contribution is -2.30. The topological polar surface area (TPSA) is 97.6 Å². The first kappa shape index (κ1) is 19.3. The zero-order valence-corrected chi connectivity index (χ0v) is 15.4. The molecule has 1 aromatic heterocycles. The van der Waals surface area contributed by atoms with E-state index < -0.39 is 10.0 Å². The zero-order valence-electron chi connectivity index (χ0n) is 13.8. The van der Waals surface area contributed by atoms with Crippen molar-refractivity contribution in [3.63, 3.8) is 0 Å². The van der Waals surface area contributed by atoms with Gasteiger partial charge in [0.05, 0.1) is 22.7 Å². The number of rotatable bonds is 8. The second-order valence-electron chi connectivity index (χ2n) is 5.51. The average Bonchev–Trinajstić information content (AvgIpc) is 3.03. The molecule has 0 fully saturated rings. The van der Waals surface area contributed by atoms with Gasteiger partial charge >= 0.3 is 0 Å². The van der Waals surface area contributed by atoms with Gasteiger partial charge in [-0.2, -0.15) is 0 Å². The van der Waals surface area contributed by atoms with E-state index >= 15 is 0 Å². The lowest BCUT2D eigenvalue weighted by molar-refractivity contribution is -0.123. The summed E-state index contributed by atoms with van der Waals surface area (Å²) in [6.45, 7) is 3.44. The van der Waals surface area contributed by atoms with E-state index in [2.05, 4.69) is 10.0 Å². The van der Waals surface area contributed by atoms with E-state index in [1.165, 1.54) is 24.5 Å². The van der Waals surface area contributed by atoms with Crippen molar-refractivity contribution in [3.8, 4) is 5.75 Å². The van der Waals surface area contributed by atoms with Crippen molar-refractivity contribution < 1.29 is 22.4 Å². The highest BCUT2D eigenvalue weighted by molar-refractivity contribution is 7.89. The van der Waals surface area contributed by atoms with Gasteiger partial charge in [0.15, 0.2) is 6.61 Å². The Hall–Kier alpha value is -2.03. The quantitative estimate of drug-likeness (QED) is 0.725. The van der Waals surface area contributed by atoms with E-state index in [9.17, 15) is 13.2 Å². The Labute approximate surface area is 151 Å². The Morgan fingerprint density at radius 1 is 1.32 bits per heavy atom. The van der Waals surface area contributed by atoms with Gasteiger partial charge < -0.3 is 14.5 Å². The Morgan fingerprint density at radius 3 is 2.68 bits per heavy atom. The maximum absolute atomic E-state index is 12.1. The highest BCUT2D eigenvalue weighted by Gasteiger charge is 2.17. The van der Waals surface area contributed by atoms with Crippen molar-refractivity contribution in [2.24, 2.45) is 0 Å². The highest BCUT2D eigenvalue weighted by atomic mass is 35.5. The Balaban J connectivity index is 1.93. The second-order valence-corrected chi connectivity index (χ2v) is 7.63. The van der Waals surface area contributed by atoms with Crippen LogP contribution in [0.1, 0.15) is 19.6 Å². The summed E-state index contributed by atoms with van der Waals surface area (Å²) in [6.07, 6.45) is 1.52. The minimum Gasteiger partial charge on any atom is -0.482 e. The molecule has 9 heteroatoms. The largest absolute Gasteiger partial charge is 0.482 e. The van der Waals surface area contributed by atoms with Crippen LogP contribution in [0.5, 0.6) is 5.75 Å². The van der Waals surface area contributed by atoms with E-state index in [0.717, 1.165) is 0 Å². The molecule has 0 aliphatic rings. The van der Waals surface area contributed by atoms with E-state index in [0.29, 0.717) is 5.76 Å². The van der Waals surface area contributed by atoms with Crippen LogP contribution in [-0.2, 0) is 21.4 Å². The third-order valence-corrected chi connectivity index (χ3v) is 4.95. The van der Waals surface area contributed by atoms with Crippen LogP contribution in [0.2, 0.25) is 5.02 Å². The second kappa shape index (κ2) is 8.37. The molecule has 0 radical (unpaired) electrons. The number of sulfonamides is 1. The fraction of sp³-hybridized carbons (Fsp3) is 0.312. The molecule has 0 aliphatic carbocycles. The Bertz CT molecular complexity index is 819. The fourth-order valence-electron chi connectivity index (χ4n) is 1.94. The smallest absolute Gasteiger partial charge is 0.258 e. The summed E-state index contributed by atoms with van der Waals surface area (Å²) in [5.74, 6) is 0.488. The highest BCUT2D eigenvalue weighted by Crippen LogP contribution is 2.27. The molecular weight excluding hydrogens is 368 g/mol.